The van der Waals surface area contributed by atoms with Gasteiger partial charge in [0.2, 0.25) is 0 Å². The first kappa shape index (κ1) is 56.1. The molecule has 0 aromatic rings. The molecule has 0 saturated carbocycles. The maximum atomic E-state index is 12.8. The van der Waals surface area contributed by atoms with Gasteiger partial charge in [-0.15, -0.1) is 0 Å². The molecule has 0 amide bonds. The molecule has 0 radical (unpaired) electrons. The van der Waals surface area contributed by atoms with Crippen molar-refractivity contribution in [2.45, 2.75) is 243 Å². The lowest BCUT2D eigenvalue weighted by molar-refractivity contribution is -0.297. The Morgan fingerprint density at radius 2 is 0.967 bits per heavy atom. The van der Waals surface area contributed by atoms with Crippen molar-refractivity contribution in [3.63, 3.8) is 0 Å². The summed E-state index contributed by atoms with van der Waals surface area (Å²) in [6.07, 6.45) is 32.1. The molecule has 0 aromatic heterocycles. The highest BCUT2D eigenvalue weighted by Crippen LogP contribution is 2.24. The lowest BCUT2D eigenvalue weighted by Gasteiger charge is -2.40. The van der Waals surface area contributed by atoms with Crippen LogP contribution in [0, 0.1) is 0 Å². The number of ether oxygens (including phenoxy) is 4. The van der Waals surface area contributed by atoms with Gasteiger partial charge in [-0.1, -0.05) is 160 Å². The Morgan fingerprint density at radius 3 is 1.43 bits per heavy atom. The third-order valence-corrected chi connectivity index (χ3v) is 11.8. The molecule has 1 saturated heterocycles. The van der Waals surface area contributed by atoms with Gasteiger partial charge in [-0.25, -0.2) is 0 Å². The molecule has 12 nitrogen and oxygen atoms in total. The molecule has 2 unspecified atom stereocenters. The number of carbonyl (C=O) groups excluding carboxylic acids is 2. The molecule has 0 aliphatic carbocycles. The number of aliphatic hydroxyl groups excluding tert-OH is 3. The van der Waals surface area contributed by atoms with Crippen molar-refractivity contribution in [1.82, 2.24) is 0 Å². The SMILES string of the molecule is CCCC/C=C/CCCCCCCCCCCC(=O)O[C@H](COC(=O)CCCCCCCCC/C=C/CCCCCCCC)CO[C@H]1O[C@H](CS(=O)(=O)O)[C@@H](O)C(O)C1O. The molecule has 1 heterocycles. The Balaban J connectivity index is 2.41. The summed E-state index contributed by atoms with van der Waals surface area (Å²) in [6, 6.07) is 0. The van der Waals surface area contributed by atoms with Crippen molar-refractivity contribution in [3.8, 4) is 0 Å². The molecular weight excluding hydrogens is 789 g/mol. The summed E-state index contributed by atoms with van der Waals surface area (Å²) in [7, 11) is -4.60. The second-order valence-corrected chi connectivity index (χ2v) is 18.3. The van der Waals surface area contributed by atoms with E-state index in [-0.39, 0.29) is 19.4 Å². The van der Waals surface area contributed by atoms with Gasteiger partial charge in [-0.3, -0.25) is 14.1 Å². The smallest absolute Gasteiger partial charge is 0.306 e. The summed E-state index contributed by atoms with van der Waals surface area (Å²) < 4.78 is 54.1. The van der Waals surface area contributed by atoms with Gasteiger partial charge in [0, 0.05) is 12.8 Å². The van der Waals surface area contributed by atoms with Gasteiger partial charge in [0.05, 0.1) is 6.61 Å². The first-order chi connectivity index (χ1) is 29.0. The van der Waals surface area contributed by atoms with Crippen LogP contribution < -0.4 is 0 Å². The van der Waals surface area contributed by atoms with Gasteiger partial charge in [0.15, 0.2) is 12.4 Å². The largest absolute Gasteiger partial charge is 0.462 e. The molecule has 6 atom stereocenters. The summed E-state index contributed by atoms with van der Waals surface area (Å²) in [5.41, 5.74) is 0. The average molecular weight is 875 g/mol. The van der Waals surface area contributed by atoms with Crippen LogP contribution in [0.1, 0.15) is 206 Å². The first-order valence-electron chi connectivity index (χ1n) is 23.9. The van der Waals surface area contributed by atoms with Crippen LogP contribution in [-0.2, 0) is 38.7 Å². The number of hydrogen-bond acceptors (Lipinski definition) is 11. The average Bonchev–Trinajstić information content (AvgIpc) is 3.21. The van der Waals surface area contributed by atoms with E-state index in [4.69, 9.17) is 18.9 Å². The number of aliphatic hydroxyl groups is 3. The predicted molar refractivity (Wildman–Crippen MR) is 238 cm³/mol. The summed E-state index contributed by atoms with van der Waals surface area (Å²) >= 11 is 0. The number of allylic oxidation sites excluding steroid dienone is 4. The third kappa shape index (κ3) is 31.9. The molecule has 4 N–H and O–H groups in total. The maximum absolute atomic E-state index is 12.8. The fraction of sp³-hybridized carbons (Fsp3) is 0.872. The molecule has 13 heteroatoms. The fourth-order valence-corrected chi connectivity index (χ4v) is 7.93. The van der Waals surface area contributed by atoms with Crippen LogP contribution in [0.3, 0.4) is 0 Å². The lowest BCUT2D eigenvalue weighted by atomic mass is 10.00. The van der Waals surface area contributed by atoms with Gasteiger partial charge >= 0.3 is 11.9 Å². The number of esters is 2. The molecular formula is C47H86O12S. The van der Waals surface area contributed by atoms with Gasteiger partial charge in [-0.2, -0.15) is 8.42 Å². The van der Waals surface area contributed by atoms with Crippen LogP contribution in [0.5, 0.6) is 0 Å². The normalized spacial score (nSPS) is 20.3. The van der Waals surface area contributed by atoms with Crippen molar-refractivity contribution in [2.75, 3.05) is 19.0 Å². The van der Waals surface area contributed by atoms with Crippen LogP contribution in [0.15, 0.2) is 24.3 Å². The van der Waals surface area contributed by atoms with E-state index in [9.17, 15) is 37.9 Å². The number of rotatable bonds is 40. The monoisotopic (exact) mass is 875 g/mol. The molecule has 60 heavy (non-hydrogen) atoms. The predicted octanol–water partition coefficient (Wildman–Crippen LogP) is 10.0. The highest BCUT2D eigenvalue weighted by atomic mass is 32.2. The minimum Gasteiger partial charge on any atom is -0.462 e. The molecule has 1 aliphatic heterocycles. The number of unbranched alkanes of at least 4 members (excludes halogenated alkanes) is 24. The van der Waals surface area contributed by atoms with Crippen molar-refractivity contribution in [2.24, 2.45) is 0 Å². The summed E-state index contributed by atoms with van der Waals surface area (Å²) in [6.45, 7) is 3.74. The maximum Gasteiger partial charge on any atom is 0.306 e. The molecule has 1 fully saturated rings. The van der Waals surface area contributed by atoms with E-state index in [1.54, 1.807) is 0 Å². The van der Waals surface area contributed by atoms with Crippen LogP contribution in [0.25, 0.3) is 0 Å². The second kappa shape index (κ2) is 37.7. The lowest BCUT2D eigenvalue weighted by Crippen LogP contribution is -2.60. The molecule has 0 bridgehead atoms. The highest BCUT2D eigenvalue weighted by molar-refractivity contribution is 7.85. The third-order valence-electron chi connectivity index (χ3n) is 11.0. The topological polar surface area (TPSA) is 186 Å². The minimum absolute atomic E-state index is 0.163. The molecule has 1 aliphatic rings. The van der Waals surface area contributed by atoms with E-state index in [0.29, 0.717) is 12.8 Å². The standard InChI is InChI=1S/C47H86O12S/c1-3-5-7-9-11-13-15-17-19-20-22-23-25-27-29-31-33-35-42(48)56-37-40(38-57-47-46(52)45(51)44(50)41(59-47)39-60(53,54)55)58-43(49)36-34-32-30-28-26-24-21-18-16-14-12-10-8-6-4-2/h10,12,17,19,40-41,44-47,50-52H,3-9,11,13-16,18,20-39H2,1-2H3,(H,53,54,55)/b12-10+,19-17+/t40-,41-,44-,45?,46?,47+/m1/s1. The number of carbonyl (C=O) groups is 2. The Bertz CT molecular complexity index is 1210. The summed E-state index contributed by atoms with van der Waals surface area (Å²) in [5.74, 6) is -1.98. The molecule has 352 valence electrons. The van der Waals surface area contributed by atoms with E-state index in [1.807, 2.05) is 0 Å². The molecule has 1 rings (SSSR count). The second-order valence-electron chi connectivity index (χ2n) is 16.8. The van der Waals surface area contributed by atoms with Gasteiger partial charge in [0.25, 0.3) is 10.1 Å². The van der Waals surface area contributed by atoms with Gasteiger partial charge in [0.1, 0.15) is 36.8 Å². The van der Waals surface area contributed by atoms with E-state index >= 15 is 0 Å². The Kier molecular flexibility index (Phi) is 35.2. The zero-order valence-electron chi connectivity index (χ0n) is 37.6. The van der Waals surface area contributed by atoms with E-state index < -0.39 is 71.2 Å². The van der Waals surface area contributed by atoms with E-state index in [1.165, 1.54) is 116 Å². The van der Waals surface area contributed by atoms with Crippen molar-refractivity contribution < 1.29 is 56.8 Å². The zero-order chi connectivity index (χ0) is 44.1. The van der Waals surface area contributed by atoms with Crippen LogP contribution >= 0.6 is 0 Å². The molecule has 0 aromatic carbocycles. The first-order valence-corrected chi connectivity index (χ1v) is 25.5. The highest BCUT2D eigenvalue weighted by Gasteiger charge is 2.46. The Hall–Kier alpha value is -1.87. The van der Waals surface area contributed by atoms with E-state index in [0.717, 1.165) is 51.4 Å². The zero-order valence-corrected chi connectivity index (χ0v) is 38.4. The van der Waals surface area contributed by atoms with Crippen LogP contribution in [-0.4, -0.2) is 96.0 Å². The summed E-state index contributed by atoms with van der Waals surface area (Å²) in [5, 5.41) is 30.9. The van der Waals surface area contributed by atoms with Crippen LogP contribution in [0.2, 0.25) is 0 Å². The van der Waals surface area contributed by atoms with E-state index in [2.05, 4.69) is 38.2 Å². The van der Waals surface area contributed by atoms with Gasteiger partial charge in [-0.05, 0) is 57.8 Å². The quantitative estimate of drug-likeness (QED) is 0.0198. The minimum atomic E-state index is -4.60. The van der Waals surface area contributed by atoms with Crippen molar-refractivity contribution >= 4 is 22.1 Å². The van der Waals surface area contributed by atoms with Crippen molar-refractivity contribution in [3.05, 3.63) is 24.3 Å². The Labute approximate surface area is 364 Å². The van der Waals surface area contributed by atoms with Crippen molar-refractivity contribution in [1.29, 1.82) is 0 Å². The number of hydrogen-bond donors (Lipinski definition) is 4. The summed E-state index contributed by atoms with van der Waals surface area (Å²) in [4.78, 5) is 25.4. The Morgan fingerprint density at radius 1 is 0.550 bits per heavy atom. The van der Waals surface area contributed by atoms with Crippen LogP contribution in [0.4, 0.5) is 0 Å². The molecule has 0 spiro atoms. The van der Waals surface area contributed by atoms with Gasteiger partial charge < -0.3 is 34.3 Å². The fourth-order valence-electron chi connectivity index (χ4n) is 7.24.